The molecule has 0 radical (unpaired) electrons. The molecule has 20 heavy (non-hydrogen) atoms. The molecule has 1 fully saturated rings. The summed E-state index contributed by atoms with van der Waals surface area (Å²) in [5.74, 6) is 2.05. The molecule has 3 rings (SSSR count). The van der Waals surface area contributed by atoms with Gasteiger partial charge in [-0.05, 0) is 62.5 Å². The molecule has 1 N–H and O–H groups in total. The molecule has 0 bridgehead atoms. The SMILES string of the molecule is Cc1cc(-c2noc(CC3CCNC3)n2)cc(C)c1Br. The van der Waals surface area contributed by atoms with E-state index in [2.05, 4.69) is 57.4 Å². The van der Waals surface area contributed by atoms with Gasteiger partial charge >= 0.3 is 0 Å². The second-order valence-corrected chi connectivity index (χ2v) is 6.29. The van der Waals surface area contributed by atoms with E-state index < -0.39 is 0 Å². The van der Waals surface area contributed by atoms with Gasteiger partial charge in [0.05, 0.1) is 0 Å². The average Bonchev–Trinajstić information content (AvgIpc) is 3.07. The lowest BCUT2D eigenvalue weighted by Gasteiger charge is -2.04. The highest BCUT2D eigenvalue weighted by Crippen LogP contribution is 2.27. The lowest BCUT2D eigenvalue weighted by Crippen LogP contribution is -2.10. The predicted octanol–water partition coefficient (Wildman–Crippen LogP) is 3.27. The van der Waals surface area contributed by atoms with Crippen molar-refractivity contribution in [3.8, 4) is 11.4 Å². The van der Waals surface area contributed by atoms with E-state index in [1.54, 1.807) is 0 Å². The van der Waals surface area contributed by atoms with Crippen molar-refractivity contribution in [3.05, 3.63) is 33.6 Å². The quantitative estimate of drug-likeness (QED) is 0.935. The second kappa shape index (κ2) is 5.66. The molecule has 106 valence electrons. The maximum Gasteiger partial charge on any atom is 0.227 e. The third-order valence-electron chi connectivity index (χ3n) is 3.79. The number of halogens is 1. The zero-order valence-electron chi connectivity index (χ0n) is 11.7. The first-order valence-electron chi connectivity index (χ1n) is 6.94. The topological polar surface area (TPSA) is 51.0 Å². The summed E-state index contributed by atoms with van der Waals surface area (Å²) in [6.45, 7) is 6.29. The third kappa shape index (κ3) is 2.79. The van der Waals surface area contributed by atoms with Gasteiger partial charge in [-0.2, -0.15) is 4.98 Å². The van der Waals surface area contributed by atoms with Gasteiger partial charge in [0, 0.05) is 16.5 Å². The fourth-order valence-corrected chi connectivity index (χ4v) is 2.89. The molecule has 1 aliphatic rings. The van der Waals surface area contributed by atoms with Crippen LogP contribution in [0.15, 0.2) is 21.1 Å². The predicted molar refractivity (Wildman–Crippen MR) is 81.6 cm³/mol. The lowest BCUT2D eigenvalue weighted by molar-refractivity contribution is 0.358. The molecule has 1 aromatic carbocycles. The Balaban J connectivity index is 1.82. The van der Waals surface area contributed by atoms with Crippen molar-refractivity contribution < 1.29 is 4.52 Å². The molecule has 1 aliphatic heterocycles. The number of hydrogen-bond acceptors (Lipinski definition) is 4. The number of nitrogens with one attached hydrogen (secondary N) is 1. The monoisotopic (exact) mass is 335 g/mol. The number of nitrogens with zero attached hydrogens (tertiary/aromatic N) is 2. The summed E-state index contributed by atoms with van der Waals surface area (Å²) in [6.07, 6.45) is 2.06. The fraction of sp³-hybridized carbons (Fsp3) is 0.467. The van der Waals surface area contributed by atoms with E-state index in [1.165, 1.54) is 17.5 Å². The van der Waals surface area contributed by atoms with Gasteiger partial charge in [0.1, 0.15) is 0 Å². The maximum absolute atomic E-state index is 5.39. The van der Waals surface area contributed by atoms with Gasteiger partial charge < -0.3 is 9.84 Å². The van der Waals surface area contributed by atoms with E-state index in [1.807, 2.05) is 0 Å². The summed E-state index contributed by atoms with van der Waals surface area (Å²) in [5.41, 5.74) is 3.39. The van der Waals surface area contributed by atoms with Crippen molar-refractivity contribution >= 4 is 15.9 Å². The fourth-order valence-electron chi connectivity index (χ4n) is 2.67. The summed E-state index contributed by atoms with van der Waals surface area (Å²) in [7, 11) is 0. The molecule has 0 amide bonds. The summed E-state index contributed by atoms with van der Waals surface area (Å²) < 4.78 is 6.53. The van der Waals surface area contributed by atoms with Crippen molar-refractivity contribution in [1.82, 2.24) is 15.5 Å². The Labute approximate surface area is 127 Å². The van der Waals surface area contributed by atoms with Crippen LogP contribution in [0.5, 0.6) is 0 Å². The van der Waals surface area contributed by atoms with Gasteiger partial charge in [0.15, 0.2) is 0 Å². The molecular weight excluding hydrogens is 318 g/mol. The van der Waals surface area contributed by atoms with Crippen molar-refractivity contribution in [2.45, 2.75) is 26.7 Å². The van der Waals surface area contributed by atoms with Crippen LogP contribution in [0.4, 0.5) is 0 Å². The third-order valence-corrected chi connectivity index (χ3v) is 5.04. The smallest absolute Gasteiger partial charge is 0.227 e. The first-order chi connectivity index (χ1) is 9.63. The van der Waals surface area contributed by atoms with Crippen LogP contribution in [-0.2, 0) is 6.42 Å². The van der Waals surface area contributed by atoms with E-state index in [4.69, 9.17) is 4.52 Å². The molecule has 0 saturated carbocycles. The molecule has 2 heterocycles. The first kappa shape index (κ1) is 13.8. The molecular formula is C15H18BrN3O. The van der Waals surface area contributed by atoms with Gasteiger partial charge in [0.2, 0.25) is 11.7 Å². The van der Waals surface area contributed by atoms with E-state index in [0.29, 0.717) is 11.7 Å². The van der Waals surface area contributed by atoms with Gasteiger partial charge in [-0.15, -0.1) is 0 Å². The molecule has 4 nitrogen and oxygen atoms in total. The molecule has 0 aliphatic carbocycles. The van der Waals surface area contributed by atoms with Gasteiger partial charge in [-0.3, -0.25) is 0 Å². The number of aryl methyl sites for hydroxylation is 2. The van der Waals surface area contributed by atoms with Crippen molar-refractivity contribution in [3.63, 3.8) is 0 Å². The normalized spacial score (nSPS) is 18.6. The number of rotatable bonds is 3. The zero-order chi connectivity index (χ0) is 14.1. The van der Waals surface area contributed by atoms with E-state index in [9.17, 15) is 0 Å². The number of hydrogen-bond donors (Lipinski definition) is 1. The summed E-state index contributed by atoms with van der Waals surface area (Å²) in [4.78, 5) is 4.54. The molecule has 1 aromatic heterocycles. The van der Waals surface area contributed by atoms with Crippen LogP contribution in [0.1, 0.15) is 23.4 Å². The lowest BCUT2D eigenvalue weighted by atomic mass is 10.1. The zero-order valence-corrected chi connectivity index (χ0v) is 13.3. The Morgan fingerprint density at radius 2 is 2.10 bits per heavy atom. The highest BCUT2D eigenvalue weighted by molar-refractivity contribution is 9.10. The van der Waals surface area contributed by atoms with Crippen LogP contribution < -0.4 is 5.32 Å². The largest absolute Gasteiger partial charge is 0.339 e. The van der Waals surface area contributed by atoms with Crippen molar-refractivity contribution in [2.75, 3.05) is 13.1 Å². The van der Waals surface area contributed by atoms with Crippen LogP contribution in [0.3, 0.4) is 0 Å². The van der Waals surface area contributed by atoms with E-state index in [0.717, 1.165) is 35.4 Å². The minimum Gasteiger partial charge on any atom is -0.339 e. The Hall–Kier alpha value is -1.20. The maximum atomic E-state index is 5.39. The second-order valence-electron chi connectivity index (χ2n) is 5.50. The van der Waals surface area contributed by atoms with Crippen LogP contribution in [0.2, 0.25) is 0 Å². The van der Waals surface area contributed by atoms with E-state index >= 15 is 0 Å². The minimum atomic E-state index is 0.622. The number of aromatic nitrogens is 2. The summed E-state index contributed by atoms with van der Waals surface area (Å²) in [6, 6.07) is 4.17. The van der Waals surface area contributed by atoms with Crippen LogP contribution in [0, 0.1) is 19.8 Å². The Kier molecular flexibility index (Phi) is 3.89. The molecule has 2 aromatic rings. The highest BCUT2D eigenvalue weighted by atomic mass is 79.9. The highest BCUT2D eigenvalue weighted by Gasteiger charge is 2.19. The van der Waals surface area contributed by atoms with Crippen molar-refractivity contribution in [2.24, 2.45) is 5.92 Å². The van der Waals surface area contributed by atoms with Crippen LogP contribution in [0.25, 0.3) is 11.4 Å². The molecule has 0 spiro atoms. The van der Waals surface area contributed by atoms with Crippen molar-refractivity contribution in [1.29, 1.82) is 0 Å². The van der Waals surface area contributed by atoms with E-state index in [-0.39, 0.29) is 0 Å². The minimum absolute atomic E-state index is 0.622. The Morgan fingerprint density at radius 3 is 2.75 bits per heavy atom. The standard InChI is InChI=1S/C15H18BrN3O/c1-9-5-12(6-10(2)14(9)16)15-18-13(20-19-15)7-11-3-4-17-8-11/h5-6,11,17H,3-4,7-8H2,1-2H3. The van der Waals surface area contributed by atoms with Crippen LogP contribution >= 0.6 is 15.9 Å². The Morgan fingerprint density at radius 1 is 1.35 bits per heavy atom. The average molecular weight is 336 g/mol. The van der Waals surface area contributed by atoms with Gasteiger partial charge in [-0.1, -0.05) is 21.1 Å². The molecule has 5 heteroatoms. The summed E-state index contributed by atoms with van der Waals surface area (Å²) >= 11 is 3.58. The Bertz CT molecular complexity index is 594. The number of benzene rings is 1. The van der Waals surface area contributed by atoms with Gasteiger partial charge in [0.25, 0.3) is 0 Å². The summed E-state index contributed by atoms with van der Waals surface area (Å²) in [5, 5.41) is 7.48. The molecule has 1 unspecified atom stereocenters. The van der Waals surface area contributed by atoms with Gasteiger partial charge in [-0.25, -0.2) is 0 Å². The van der Waals surface area contributed by atoms with Crippen LogP contribution in [-0.4, -0.2) is 23.2 Å². The first-order valence-corrected chi connectivity index (χ1v) is 7.73. The molecule has 1 saturated heterocycles. The molecule has 1 atom stereocenters.